The van der Waals surface area contributed by atoms with E-state index in [1.165, 1.54) is 0 Å². The van der Waals surface area contributed by atoms with E-state index in [1.54, 1.807) is 23.4 Å². The largest absolute Gasteiger partial charge is 0.460 e. The molecule has 2 aliphatic rings. The molecule has 4 aromatic rings. The number of benzene rings is 2. The minimum atomic E-state index is -0.713. The fourth-order valence-corrected chi connectivity index (χ4v) is 7.14. The maximum absolute atomic E-state index is 14.3. The molecule has 2 amide bonds. The van der Waals surface area contributed by atoms with Crippen molar-refractivity contribution in [2.75, 3.05) is 34.8 Å². The molecule has 11 heteroatoms. The summed E-state index contributed by atoms with van der Waals surface area (Å²) in [5.74, 6) is -0.0563. The minimum absolute atomic E-state index is 0.0265. The van der Waals surface area contributed by atoms with Crippen LogP contribution in [-0.2, 0) is 32.1 Å². The summed E-state index contributed by atoms with van der Waals surface area (Å²) in [5, 5.41) is 3.47. The highest BCUT2D eigenvalue weighted by Crippen LogP contribution is 2.33. The summed E-state index contributed by atoms with van der Waals surface area (Å²) in [4.78, 5) is 65.9. The highest BCUT2D eigenvalue weighted by Gasteiger charge is 2.30. The number of pyridine rings is 2. The van der Waals surface area contributed by atoms with Gasteiger partial charge in [0.25, 0.3) is 0 Å². The molecule has 272 valence electrons. The molecule has 6 rings (SSSR count). The summed E-state index contributed by atoms with van der Waals surface area (Å²) in [5.41, 5.74) is 3.42. The van der Waals surface area contributed by atoms with Crippen LogP contribution in [0, 0.1) is 11.8 Å². The number of hydrogen-bond acceptors (Lipinski definition) is 9. The van der Waals surface area contributed by atoms with E-state index in [0.29, 0.717) is 48.3 Å². The van der Waals surface area contributed by atoms with Gasteiger partial charge in [-0.2, -0.15) is 0 Å². The van der Waals surface area contributed by atoms with E-state index < -0.39 is 11.7 Å². The van der Waals surface area contributed by atoms with Crippen molar-refractivity contribution in [1.82, 2.24) is 9.97 Å². The molecule has 2 aromatic carbocycles. The van der Waals surface area contributed by atoms with Crippen molar-refractivity contribution in [2.24, 2.45) is 11.8 Å². The summed E-state index contributed by atoms with van der Waals surface area (Å²) in [7, 11) is 0. The average molecular weight is 706 g/mol. The summed E-state index contributed by atoms with van der Waals surface area (Å²) < 4.78 is 11.1. The number of ether oxygens (including phenoxy) is 2. The zero-order valence-electron chi connectivity index (χ0n) is 30.4. The number of carbonyl (C=O) groups is 4. The molecule has 2 atom stereocenters. The van der Waals surface area contributed by atoms with Crippen LogP contribution in [0.15, 0.2) is 73.1 Å². The third kappa shape index (κ3) is 9.31. The molecule has 4 heterocycles. The minimum Gasteiger partial charge on any atom is -0.460 e. The van der Waals surface area contributed by atoms with Crippen molar-refractivity contribution < 1.29 is 28.7 Å². The van der Waals surface area contributed by atoms with Crippen molar-refractivity contribution in [3.63, 3.8) is 0 Å². The van der Waals surface area contributed by atoms with Crippen molar-refractivity contribution >= 4 is 51.7 Å². The number of piperidine rings is 2. The Bertz CT molecular complexity index is 1940. The number of anilines is 3. The Morgan fingerprint density at radius 2 is 1.81 bits per heavy atom. The Morgan fingerprint density at radius 1 is 1.00 bits per heavy atom. The third-order valence-electron chi connectivity index (χ3n) is 9.34. The Morgan fingerprint density at radius 3 is 2.58 bits per heavy atom. The van der Waals surface area contributed by atoms with Gasteiger partial charge in [0.15, 0.2) is 5.78 Å². The van der Waals surface area contributed by atoms with E-state index >= 15 is 0 Å². The standard InChI is InChI=1S/C41H47N5O6/c1-27-18-29(19-38(49)52-41(2,3)4)25-45(24-27)35-15-16-42-23-31(35)21-36(47)39-34(44-40(50)51-26-28-10-6-5-7-11-28)20-30-13-14-32(22-33(30)43-39)46-17-9-8-12-37(46)48/h5-7,10-11,13-16,20,22-23,27,29H,8-9,12,17-19,21,24-26H2,1-4H3,(H,44,50)/t27-,29-/m1/s1. The fraction of sp³-hybridized carbons (Fsp3) is 0.415. The lowest BCUT2D eigenvalue weighted by Crippen LogP contribution is -2.41. The van der Waals surface area contributed by atoms with Crippen LogP contribution >= 0.6 is 0 Å². The first kappa shape index (κ1) is 36.5. The molecule has 2 fully saturated rings. The molecule has 0 unspecified atom stereocenters. The molecule has 2 aliphatic heterocycles. The van der Waals surface area contributed by atoms with Gasteiger partial charge < -0.3 is 19.3 Å². The van der Waals surface area contributed by atoms with E-state index in [0.717, 1.165) is 42.7 Å². The molecular weight excluding hydrogens is 658 g/mol. The van der Waals surface area contributed by atoms with Crippen molar-refractivity contribution in [3.05, 3.63) is 89.9 Å². The average Bonchev–Trinajstić information content (AvgIpc) is 3.10. The maximum Gasteiger partial charge on any atom is 0.412 e. The van der Waals surface area contributed by atoms with Crippen LogP contribution in [0.4, 0.5) is 21.9 Å². The second-order valence-corrected chi connectivity index (χ2v) is 15.0. The molecule has 0 radical (unpaired) electrons. The summed E-state index contributed by atoms with van der Waals surface area (Å²) >= 11 is 0. The van der Waals surface area contributed by atoms with Crippen molar-refractivity contribution in [1.29, 1.82) is 0 Å². The van der Waals surface area contributed by atoms with Crippen molar-refractivity contribution in [2.45, 2.75) is 78.4 Å². The second kappa shape index (κ2) is 15.9. The van der Waals surface area contributed by atoms with Crippen LogP contribution in [0.5, 0.6) is 0 Å². The molecule has 1 N–H and O–H groups in total. The number of aromatic nitrogens is 2. The Hall–Kier alpha value is -5.32. The zero-order valence-corrected chi connectivity index (χ0v) is 30.4. The van der Waals surface area contributed by atoms with Crippen LogP contribution < -0.4 is 15.1 Å². The Kier molecular flexibility index (Phi) is 11.2. The smallest absolute Gasteiger partial charge is 0.412 e. The molecular formula is C41H47N5O6. The number of fused-ring (bicyclic) bond motifs is 1. The van der Waals surface area contributed by atoms with Gasteiger partial charge in [0.1, 0.15) is 17.9 Å². The van der Waals surface area contributed by atoms with E-state index in [4.69, 9.17) is 14.5 Å². The van der Waals surface area contributed by atoms with Crippen LogP contribution in [0.25, 0.3) is 10.9 Å². The summed E-state index contributed by atoms with van der Waals surface area (Å²) in [6.45, 7) is 9.87. The van der Waals surface area contributed by atoms with E-state index in [2.05, 4.69) is 22.1 Å². The zero-order chi connectivity index (χ0) is 36.8. The summed E-state index contributed by atoms with van der Waals surface area (Å²) in [6.07, 6.45) is 6.16. The molecule has 0 aliphatic carbocycles. The number of ketones is 1. The van der Waals surface area contributed by atoms with Crippen molar-refractivity contribution in [3.8, 4) is 0 Å². The Balaban J connectivity index is 1.27. The normalized spacial score (nSPS) is 17.9. The predicted octanol–water partition coefficient (Wildman–Crippen LogP) is 7.52. The van der Waals surface area contributed by atoms with Gasteiger partial charge in [-0.3, -0.25) is 24.7 Å². The molecule has 0 spiro atoms. The molecule has 52 heavy (non-hydrogen) atoms. The number of rotatable bonds is 10. The lowest BCUT2D eigenvalue weighted by atomic mass is 9.87. The first-order chi connectivity index (χ1) is 24.9. The van der Waals surface area contributed by atoms with Gasteiger partial charge in [-0.05, 0) is 81.7 Å². The van der Waals surface area contributed by atoms with Crippen LogP contribution in [0.3, 0.4) is 0 Å². The number of amides is 2. The number of carbonyl (C=O) groups excluding carboxylic acids is 4. The lowest BCUT2D eigenvalue weighted by molar-refractivity contribution is -0.156. The first-order valence-electron chi connectivity index (χ1n) is 18.1. The first-order valence-corrected chi connectivity index (χ1v) is 18.1. The molecule has 2 saturated heterocycles. The van der Waals surface area contributed by atoms with Crippen LogP contribution in [0.2, 0.25) is 0 Å². The molecule has 11 nitrogen and oxygen atoms in total. The lowest BCUT2D eigenvalue weighted by Gasteiger charge is -2.38. The topological polar surface area (TPSA) is 131 Å². The third-order valence-corrected chi connectivity index (χ3v) is 9.34. The number of nitrogens with zero attached hydrogens (tertiary/aromatic N) is 4. The van der Waals surface area contributed by atoms with E-state index in [-0.39, 0.29) is 48.0 Å². The van der Waals surface area contributed by atoms with Gasteiger partial charge in [-0.15, -0.1) is 0 Å². The molecule has 0 saturated carbocycles. The number of hydrogen-bond donors (Lipinski definition) is 1. The van der Waals surface area contributed by atoms with Crippen LogP contribution in [-0.4, -0.2) is 59.0 Å². The van der Waals surface area contributed by atoms with Gasteiger partial charge >= 0.3 is 12.1 Å². The molecule has 0 bridgehead atoms. The monoisotopic (exact) mass is 705 g/mol. The quantitative estimate of drug-likeness (QED) is 0.132. The molecule has 2 aromatic heterocycles. The van der Waals surface area contributed by atoms with Gasteiger partial charge in [0, 0.05) is 67.2 Å². The SMILES string of the molecule is C[C@@H]1C[C@H](CC(=O)OC(C)(C)C)CN(c2ccncc2CC(=O)c2nc3cc(N4CCCCC4=O)ccc3cc2NC(=O)OCc2ccccc2)C1. The van der Waals surface area contributed by atoms with E-state index in [1.807, 2.05) is 75.4 Å². The van der Waals surface area contributed by atoms with Gasteiger partial charge in [0.05, 0.1) is 17.6 Å². The van der Waals surface area contributed by atoms with Crippen LogP contribution in [0.1, 0.15) is 81.4 Å². The fourth-order valence-electron chi connectivity index (χ4n) is 7.14. The Labute approximate surface area is 304 Å². The summed E-state index contributed by atoms with van der Waals surface area (Å²) in [6, 6.07) is 18.5. The highest BCUT2D eigenvalue weighted by atomic mass is 16.6. The van der Waals surface area contributed by atoms with Gasteiger partial charge in [-0.1, -0.05) is 43.3 Å². The number of Topliss-reactive ketones (excluding diaryl/α,β-unsaturated/α-hetero) is 1. The van der Waals surface area contributed by atoms with Gasteiger partial charge in [-0.25, -0.2) is 9.78 Å². The number of esters is 1. The predicted molar refractivity (Wildman–Crippen MR) is 200 cm³/mol. The highest BCUT2D eigenvalue weighted by molar-refractivity contribution is 6.06. The maximum atomic E-state index is 14.3. The number of nitrogens with one attached hydrogen (secondary N) is 1. The van der Waals surface area contributed by atoms with Gasteiger partial charge in [0.2, 0.25) is 5.91 Å². The van der Waals surface area contributed by atoms with E-state index in [9.17, 15) is 19.2 Å². The second-order valence-electron chi connectivity index (χ2n) is 15.0.